The number of carbonyl (C=O) groups excluding carboxylic acids is 3. The van der Waals surface area contributed by atoms with Gasteiger partial charge in [-0.2, -0.15) is 0 Å². The Hall–Kier alpha value is -2.86. The normalized spacial score (nSPS) is 19.7. The van der Waals surface area contributed by atoms with Crippen molar-refractivity contribution in [2.75, 3.05) is 11.9 Å². The fourth-order valence-electron chi connectivity index (χ4n) is 2.69. The molecule has 128 valence electrons. The number of anilines is 1. The van der Waals surface area contributed by atoms with Crippen LogP contribution in [0.3, 0.4) is 0 Å². The van der Waals surface area contributed by atoms with Gasteiger partial charge in [0.15, 0.2) is 0 Å². The molecule has 0 aromatic heterocycles. The first-order valence-corrected chi connectivity index (χ1v) is 8.03. The lowest BCUT2D eigenvalue weighted by Gasteiger charge is -2.22. The lowest BCUT2D eigenvalue weighted by molar-refractivity contribution is -0.133. The highest BCUT2D eigenvalue weighted by Gasteiger charge is 2.49. The molecule has 0 spiro atoms. The standard InChI is InChI=1S/C18H16ClN3O3/c1-18(12-7-9-13(19)10-8-12)16(24)22(17(25)21-18)11-15(23)20-14-5-3-2-4-6-14/h2-10H,11H2,1H3,(H,20,23)(H,21,25)/t18-/m1/s1. The van der Waals surface area contributed by atoms with Crippen LogP contribution in [0.1, 0.15) is 12.5 Å². The Kier molecular flexibility index (Phi) is 4.46. The molecule has 1 fully saturated rings. The van der Waals surface area contributed by atoms with Crippen LogP contribution >= 0.6 is 11.6 Å². The third-order valence-corrected chi connectivity index (χ3v) is 4.31. The lowest BCUT2D eigenvalue weighted by atomic mass is 9.92. The molecule has 2 aromatic rings. The zero-order valence-electron chi connectivity index (χ0n) is 13.5. The highest BCUT2D eigenvalue weighted by molar-refractivity contribution is 6.30. The third kappa shape index (κ3) is 3.34. The van der Waals surface area contributed by atoms with Gasteiger partial charge in [-0.3, -0.25) is 14.5 Å². The summed E-state index contributed by atoms with van der Waals surface area (Å²) in [6.45, 7) is 1.24. The summed E-state index contributed by atoms with van der Waals surface area (Å²) in [7, 11) is 0. The van der Waals surface area contributed by atoms with Crippen LogP contribution in [-0.4, -0.2) is 29.3 Å². The van der Waals surface area contributed by atoms with E-state index in [2.05, 4.69) is 10.6 Å². The fourth-order valence-corrected chi connectivity index (χ4v) is 2.81. The predicted molar refractivity (Wildman–Crippen MR) is 94.1 cm³/mol. The van der Waals surface area contributed by atoms with Gasteiger partial charge in [-0.25, -0.2) is 4.79 Å². The van der Waals surface area contributed by atoms with Crippen molar-refractivity contribution in [3.63, 3.8) is 0 Å². The van der Waals surface area contributed by atoms with Gasteiger partial charge in [-0.1, -0.05) is 41.9 Å². The molecule has 1 saturated heterocycles. The van der Waals surface area contributed by atoms with Crippen LogP contribution in [0.4, 0.5) is 10.5 Å². The van der Waals surface area contributed by atoms with E-state index in [0.717, 1.165) is 4.90 Å². The number of hydrogen-bond donors (Lipinski definition) is 2. The summed E-state index contributed by atoms with van der Waals surface area (Å²) >= 11 is 5.87. The minimum absolute atomic E-state index is 0.358. The van der Waals surface area contributed by atoms with Crippen molar-refractivity contribution < 1.29 is 14.4 Å². The number of imide groups is 1. The number of para-hydroxylation sites is 1. The first-order valence-electron chi connectivity index (χ1n) is 7.65. The average Bonchev–Trinajstić information content (AvgIpc) is 2.80. The number of urea groups is 1. The molecule has 2 N–H and O–H groups in total. The lowest BCUT2D eigenvalue weighted by Crippen LogP contribution is -2.42. The van der Waals surface area contributed by atoms with E-state index in [-0.39, 0.29) is 6.54 Å². The quantitative estimate of drug-likeness (QED) is 0.826. The number of amides is 4. The SMILES string of the molecule is C[C@]1(c2ccc(Cl)cc2)NC(=O)N(CC(=O)Nc2ccccc2)C1=O. The topological polar surface area (TPSA) is 78.5 Å². The predicted octanol–water partition coefficient (Wildman–Crippen LogP) is 2.75. The maximum Gasteiger partial charge on any atom is 0.325 e. The molecule has 1 heterocycles. The van der Waals surface area contributed by atoms with Gasteiger partial charge in [0.25, 0.3) is 5.91 Å². The molecule has 2 aromatic carbocycles. The summed E-state index contributed by atoms with van der Waals surface area (Å²) in [6, 6.07) is 14.9. The highest BCUT2D eigenvalue weighted by atomic mass is 35.5. The smallest absolute Gasteiger partial charge is 0.325 e. The van der Waals surface area contributed by atoms with Crippen LogP contribution in [0.5, 0.6) is 0 Å². The van der Waals surface area contributed by atoms with Gasteiger partial charge in [0.1, 0.15) is 12.1 Å². The Labute approximate surface area is 149 Å². The molecule has 0 unspecified atom stereocenters. The van der Waals surface area contributed by atoms with Crippen molar-refractivity contribution in [2.45, 2.75) is 12.5 Å². The fraction of sp³-hybridized carbons (Fsp3) is 0.167. The molecule has 25 heavy (non-hydrogen) atoms. The number of nitrogens with one attached hydrogen (secondary N) is 2. The van der Waals surface area contributed by atoms with Crippen molar-refractivity contribution in [2.24, 2.45) is 0 Å². The molecule has 4 amide bonds. The molecule has 1 aliphatic heterocycles. The minimum atomic E-state index is -1.23. The Morgan fingerprint density at radius 1 is 1.12 bits per heavy atom. The zero-order chi connectivity index (χ0) is 18.0. The molecular weight excluding hydrogens is 342 g/mol. The van der Waals surface area contributed by atoms with Gasteiger partial charge < -0.3 is 10.6 Å². The van der Waals surface area contributed by atoms with Gasteiger partial charge in [0, 0.05) is 10.7 Å². The monoisotopic (exact) mass is 357 g/mol. The van der Waals surface area contributed by atoms with Crippen LogP contribution in [0.25, 0.3) is 0 Å². The third-order valence-electron chi connectivity index (χ3n) is 4.06. The second-order valence-corrected chi connectivity index (χ2v) is 6.30. The zero-order valence-corrected chi connectivity index (χ0v) is 14.2. The number of halogens is 1. The van der Waals surface area contributed by atoms with Crippen molar-refractivity contribution in [3.8, 4) is 0 Å². The Morgan fingerprint density at radius 2 is 1.76 bits per heavy atom. The Morgan fingerprint density at radius 3 is 2.40 bits per heavy atom. The van der Waals surface area contributed by atoms with E-state index >= 15 is 0 Å². The minimum Gasteiger partial charge on any atom is -0.325 e. The number of nitrogens with zero attached hydrogens (tertiary/aromatic N) is 1. The molecule has 1 atom stereocenters. The Bertz CT molecular complexity index is 823. The van der Waals surface area contributed by atoms with E-state index in [0.29, 0.717) is 16.3 Å². The largest absolute Gasteiger partial charge is 0.325 e. The number of benzene rings is 2. The van der Waals surface area contributed by atoms with Crippen LogP contribution in [0.2, 0.25) is 5.02 Å². The van der Waals surface area contributed by atoms with E-state index in [1.54, 1.807) is 55.5 Å². The second kappa shape index (κ2) is 6.57. The van der Waals surface area contributed by atoms with Crippen LogP contribution in [-0.2, 0) is 15.1 Å². The summed E-state index contributed by atoms with van der Waals surface area (Å²) in [5, 5.41) is 5.83. The van der Waals surface area contributed by atoms with Gasteiger partial charge in [0.2, 0.25) is 5.91 Å². The van der Waals surface area contributed by atoms with Crippen molar-refractivity contribution in [1.29, 1.82) is 0 Å². The van der Waals surface area contributed by atoms with E-state index in [9.17, 15) is 14.4 Å². The van der Waals surface area contributed by atoms with Crippen molar-refractivity contribution in [3.05, 3.63) is 65.2 Å². The molecule has 0 saturated carbocycles. The van der Waals surface area contributed by atoms with E-state index < -0.39 is 23.4 Å². The summed E-state index contributed by atoms with van der Waals surface area (Å²) in [4.78, 5) is 38.0. The summed E-state index contributed by atoms with van der Waals surface area (Å²) < 4.78 is 0. The molecule has 0 radical (unpaired) electrons. The maximum absolute atomic E-state index is 12.7. The van der Waals surface area contributed by atoms with Gasteiger partial charge in [0.05, 0.1) is 0 Å². The van der Waals surface area contributed by atoms with Crippen molar-refractivity contribution in [1.82, 2.24) is 10.2 Å². The molecule has 0 bridgehead atoms. The van der Waals surface area contributed by atoms with Gasteiger partial charge in [-0.15, -0.1) is 0 Å². The van der Waals surface area contributed by atoms with Crippen LogP contribution in [0, 0.1) is 0 Å². The summed E-state index contributed by atoms with van der Waals surface area (Å²) in [5.41, 5.74) is -0.0319. The Balaban J connectivity index is 1.75. The summed E-state index contributed by atoms with van der Waals surface area (Å²) in [6.07, 6.45) is 0. The second-order valence-electron chi connectivity index (χ2n) is 5.87. The number of carbonyl (C=O) groups is 3. The van der Waals surface area contributed by atoms with Crippen molar-refractivity contribution >= 4 is 35.1 Å². The molecule has 1 aliphatic rings. The highest BCUT2D eigenvalue weighted by Crippen LogP contribution is 2.29. The molecule has 0 aliphatic carbocycles. The van der Waals surface area contributed by atoms with E-state index in [1.807, 2.05) is 6.07 Å². The average molecular weight is 358 g/mol. The maximum atomic E-state index is 12.7. The van der Waals surface area contributed by atoms with Gasteiger partial charge in [-0.05, 0) is 36.8 Å². The number of rotatable bonds is 4. The van der Waals surface area contributed by atoms with E-state index in [4.69, 9.17) is 11.6 Å². The van der Waals surface area contributed by atoms with Crippen LogP contribution < -0.4 is 10.6 Å². The summed E-state index contributed by atoms with van der Waals surface area (Å²) in [5.74, 6) is -0.932. The first kappa shape index (κ1) is 17.0. The molecule has 6 nitrogen and oxygen atoms in total. The molecule has 3 rings (SSSR count). The molecular formula is C18H16ClN3O3. The van der Waals surface area contributed by atoms with Crippen LogP contribution in [0.15, 0.2) is 54.6 Å². The first-order chi connectivity index (χ1) is 11.9. The molecule has 7 heteroatoms. The number of hydrogen-bond acceptors (Lipinski definition) is 3. The van der Waals surface area contributed by atoms with E-state index in [1.165, 1.54) is 0 Å². The van der Waals surface area contributed by atoms with Gasteiger partial charge >= 0.3 is 6.03 Å².